The minimum atomic E-state index is -1.16. The van der Waals surface area contributed by atoms with Crippen molar-refractivity contribution in [2.75, 3.05) is 0 Å². The molecule has 148 valence electrons. The summed E-state index contributed by atoms with van der Waals surface area (Å²) in [4.78, 5) is 26.0. The predicted molar refractivity (Wildman–Crippen MR) is 110 cm³/mol. The molecule has 0 bridgehead atoms. The molecule has 8 nitrogen and oxygen atoms in total. The fourth-order valence-corrected chi connectivity index (χ4v) is 3.32. The molecule has 1 heterocycles. The molecule has 1 N–H and O–H groups in total. The summed E-state index contributed by atoms with van der Waals surface area (Å²) < 4.78 is 0. The van der Waals surface area contributed by atoms with Crippen LogP contribution in [0, 0.1) is 10.1 Å². The largest absolute Gasteiger partial charge is 0.480 e. The van der Waals surface area contributed by atoms with E-state index in [2.05, 4.69) is 15.2 Å². The summed E-state index contributed by atoms with van der Waals surface area (Å²) in [5.74, 6) is -1.16. The molecule has 0 aliphatic heterocycles. The van der Waals surface area contributed by atoms with Crippen molar-refractivity contribution in [2.45, 2.75) is 12.5 Å². The van der Waals surface area contributed by atoms with Crippen LogP contribution in [0.3, 0.4) is 0 Å². The number of carboxylic acids is 1. The third kappa shape index (κ3) is 5.35. The van der Waals surface area contributed by atoms with Crippen LogP contribution in [0.15, 0.2) is 58.1 Å². The molecule has 0 spiro atoms. The first-order chi connectivity index (χ1) is 13.8. The number of carboxylic acid groups (broad SMARTS) is 1. The van der Waals surface area contributed by atoms with E-state index in [1.807, 2.05) is 0 Å². The number of non-ortho nitro benzene ring substituents is 1. The van der Waals surface area contributed by atoms with Crippen molar-refractivity contribution in [3.05, 3.63) is 73.6 Å². The number of nitro benzene ring substituents is 1. The highest BCUT2D eigenvalue weighted by Gasteiger charge is 2.18. The number of benzene rings is 2. The number of nitro groups is 1. The van der Waals surface area contributed by atoms with E-state index in [1.54, 1.807) is 23.6 Å². The second-order valence-electron chi connectivity index (χ2n) is 5.84. The highest BCUT2D eigenvalue weighted by atomic mass is 35.5. The number of halogens is 2. The third-order valence-electron chi connectivity index (χ3n) is 3.85. The zero-order chi connectivity index (χ0) is 21.0. The standard InChI is InChI=1S/C18H12Cl2N4O4S/c19-13-6-3-11(8-14(13)20)16-9-29-18(21-16)23-22-15(17(25)26)7-10-1-4-12(5-2-10)24(27)28/h1-6,8-9,15H,7H2,(H,25,26). The number of aliphatic carboxylic acids is 1. The SMILES string of the molecule is O=C(O)C(Cc1ccc([N+](=O)[O-])cc1)N=Nc1nc(-c2ccc(Cl)c(Cl)c2)cs1. The highest BCUT2D eigenvalue weighted by Crippen LogP contribution is 2.31. The van der Waals surface area contributed by atoms with E-state index in [9.17, 15) is 20.0 Å². The van der Waals surface area contributed by atoms with E-state index < -0.39 is 16.9 Å². The Morgan fingerprint density at radius 2 is 1.93 bits per heavy atom. The van der Waals surface area contributed by atoms with Gasteiger partial charge in [0.1, 0.15) is 0 Å². The Labute approximate surface area is 178 Å². The minimum absolute atomic E-state index is 0.0435. The fourth-order valence-electron chi connectivity index (χ4n) is 2.37. The summed E-state index contributed by atoms with van der Waals surface area (Å²) in [6.07, 6.45) is 0.0435. The summed E-state index contributed by atoms with van der Waals surface area (Å²) >= 11 is 13.1. The molecule has 2 aromatic carbocycles. The van der Waals surface area contributed by atoms with Crippen molar-refractivity contribution in [3.8, 4) is 11.3 Å². The van der Waals surface area contributed by atoms with Gasteiger partial charge in [-0.25, -0.2) is 9.78 Å². The number of hydrogen-bond acceptors (Lipinski definition) is 7. The van der Waals surface area contributed by atoms with Gasteiger partial charge in [0.2, 0.25) is 5.13 Å². The number of thiazole rings is 1. The first kappa shape index (κ1) is 20.8. The molecule has 0 fully saturated rings. The van der Waals surface area contributed by atoms with Gasteiger partial charge in [-0.15, -0.1) is 16.5 Å². The van der Waals surface area contributed by atoms with Crippen LogP contribution in [0.5, 0.6) is 0 Å². The van der Waals surface area contributed by atoms with Gasteiger partial charge >= 0.3 is 5.97 Å². The monoisotopic (exact) mass is 450 g/mol. The molecule has 1 aromatic heterocycles. The molecule has 29 heavy (non-hydrogen) atoms. The molecule has 0 radical (unpaired) electrons. The van der Waals surface area contributed by atoms with E-state index in [0.717, 1.165) is 5.56 Å². The molecule has 11 heteroatoms. The molecule has 3 rings (SSSR count). The molecule has 0 aliphatic carbocycles. The van der Waals surface area contributed by atoms with Gasteiger partial charge in [-0.3, -0.25) is 10.1 Å². The van der Waals surface area contributed by atoms with Crippen LogP contribution >= 0.6 is 34.5 Å². The summed E-state index contributed by atoms with van der Waals surface area (Å²) in [6.45, 7) is 0. The molecular formula is C18H12Cl2N4O4S. The van der Waals surface area contributed by atoms with Crippen LogP contribution in [0.1, 0.15) is 5.56 Å². The number of azo groups is 1. The van der Waals surface area contributed by atoms with E-state index in [1.165, 1.54) is 35.6 Å². The quantitative estimate of drug-likeness (QED) is 0.277. The Morgan fingerprint density at radius 3 is 2.55 bits per heavy atom. The van der Waals surface area contributed by atoms with Crippen molar-refractivity contribution < 1.29 is 14.8 Å². The zero-order valence-electron chi connectivity index (χ0n) is 14.5. The Kier molecular flexibility index (Phi) is 6.53. The van der Waals surface area contributed by atoms with Crippen LogP contribution in [-0.2, 0) is 11.2 Å². The van der Waals surface area contributed by atoms with Crippen molar-refractivity contribution >= 4 is 51.3 Å². The summed E-state index contributed by atoms with van der Waals surface area (Å²) in [5.41, 5.74) is 1.89. The molecule has 3 aromatic rings. The lowest BCUT2D eigenvalue weighted by atomic mass is 10.1. The molecule has 0 saturated carbocycles. The molecular weight excluding hydrogens is 439 g/mol. The Morgan fingerprint density at radius 1 is 1.21 bits per heavy atom. The highest BCUT2D eigenvalue weighted by molar-refractivity contribution is 7.13. The van der Waals surface area contributed by atoms with Crippen molar-refractivity contribution in [1.82, 2.24) is 4.98 Å². The first-order valence-electron chi connectivity index (χ1n) is 8.11. The molecule has 0 amide bonds. The Balaban J connectivity index is 1.73. The smallest absolute Gasteiger partial charge is 0.330 e. The molecule has 0 saturated heterocycles. The van der Waals surface area contributed by atoms with Crippen LogP contribution < -0.4 is 0 Å². The maximum atomic E-state index is 11.5. The molecule has 1 atom stereocenters. The third-order valence-corrected chi connectivity index (χ3v) is 5.32. The number of aromatic nitrogens is 1. The number of rotatable bonds is 7. The maximum Gasteiger partial charge on any atom is 0.330 e. The van der Waals surface area contributed by atoms with Crippen LogP contribution in [-0.4, -0.2) is 27.0 Å². The van der Waals surface area contributed by atoms with Crippen molar-refractivity contribution in [1.29, 1.82) is 0 Å². The van der Waals surface area contributed by atoms with Crippen LogP contribution in [0.4, 0.5) is 10.8 Å². The van der Waals surface area contributed by atoms with Gasteiger partial charge in [0.05, 0.1) is 20.7 Å². The Hall–Kier alpha value is -2.88. The Bertz CT molecular complexity index is 1090. The summed E-state index contributed by atoms with van der Waals surface area (Å²) in [7, 11) is 0. The van der Waals surface area contributed by atoms with E-state index in [-0.39, 0.29) is 12.1 Å². The average Bonchev–Trinajstić information content (AvgIpc) is 3.16. The van der Waals surface area contributed by atoms with Gasteiger partial charge in [-0.1, -0.05) is 41.4 Å². The van der Waals surface area contributed by atoms with Crippen LogP contribution in [0.2, 0.25) is 10.0 Å². The van der Waals surface area contributed by atoms with E-state index in [4.69, 9.17) is 23.2 Å². The molecule has 1 unspecified atom stereocenters. The van der Waals surface area contributed by atoms with E-state index >= 15 is 0 Å². The van der Waals surface area contributed by atoms with Crippen LogP contribution in [0.25, 0.3) is 11.3 Å². The van der Waals surface area contributed by atoms with Gasteiger partial charge in [0.25, 0.3) is 5.69 Å². The lowest BCUT2D eigenvalue weighted by molar-refractivity contribution is -0.384. The van der Waals surface area contributed by atoms with Crippen molar-refractivity contribution in [2.24, 2.45) is 10.2 Å². The number of nitrogens with zero attached hydrogens (tertiary/aromatic N) is 4. The van der Waals surface area contributed by atoms with Gasteiger partial charge in [0.15, 0.2) is 6.04 Å². The molecule has 0 aliphatic rings. The minimum Gasteiger partial charge on any atom is -0.480 e. The summed E-state index contributed by atoms with van der Waals surface area (Å²) in [5, 5.41) is 30.8. The number of carbonyl (C=O) groups is 1. The lowest BCUT2D eigenvalue weighted by Gasteiger charge is -2.05. The lowest BCUT2D eigenvalue weighted by Crippen LogP contribution is -2.20. The first-order valence-corrected chi connectivity index (χ1v) is 9.75. The second-order valence-corrected chi connectivity index (χ2v) is 7.49. The predicted octanol–water partition coefficient (Wildman–Crippen LogP) is 5.80. The van der Waals surface area contributed by atoms with Gasteiger partial charge < -0.3 is 5.11 Å². The second kappa shape index (κ2) is 9.08. The average molecular weight is 451 g/mol. The normalized spacial score (nSPS) is 12.2. The van der Waals surface area contributed by atoms with Crippen molar-refractivity contribution in [3.63, 3.8) is 0 Å². The number of hydrogen-bond donors (Lipinski definition) is 1. The topological polar surface area (TPSA) is 118 Å². The fraction of sp³-hybridized carbons (Fsp3) is 0.111. The van der Waals surface area contributed by atoms with Gasteiger partial charge in [0, 0.05) is 29.5 Å². The summed E-state index contributed by atoms with van der Waals surface area (Å²) in [6, 6.07) is 9.57. The van der Waals surface area contributed by atoms with Gasteiger partial charge in [-0.2, -0.15) is 5.11 Å². The maximum absolute atomic E-state index is 11.5. The van der Waals surface area contributed by atoms with E-state index in [0.29, 0.717) is 26.4 Å². The van der Waals surface area contributed by atoms with Gasteiger partial charge in [-0.05, 0) is 17.7 Å². The zero-order valence-corrected chi connectivity index (χ0v) is 16.9.